The molecule has 0 spiro atoms. The summed E-state index contributed by atoms with van der Waals surface area (Å²) in [7, 11) is -9.91. The minimum atomic E-state index is -4.96. The van der Waals surface area contributed by atoms with Crippen molar-refractivity contribution in [2.45, 2.75) is 425 Å². The highest BCUT2D eigenvalue weighted by Gasteiger charge is 2.30. The van der Waals surface area contributed by atoms with E-state index in [4.69, 9.17) is 37.0 Å². The normalized spacial score (nSPS) is 14.2. The van der Waals surface area contributed by atoms with Crippen LogP contribution in [0.3, 0.4) is 0 Å². The number of unbranched alkanes of at least 4 members (excludes halogenated alkanes) is 48. The molecule has 0 aromatic carbocycles. The third-order valence-electron chi connectivity index (χ3n) is 18.4. The summed E-state index contributed by atoms with van der Waals surface area (Å²) < 4.78 is 68.5. The summed E-state index contributed by atoms with van der Waals surface area (Å²) >= 11 is 0. The van der Waals surface area contributed by atoms with Crippen LogP contribution in [0.1, 0.15) is 407 Å². The van der Waals surface area contributed by atoms with Crippen LogP contribution in [-0.2, 0) is 65.4 Å². The number of aliphatic hydroxyl groups excluding tert-OH is 1. The summed E-state index contributed by atoms with van der Waals surface area (Å²) in [5, 5.41) is 10.6. The molecular weight excluding hydrogens is 1260 g/mol. The number of rotatable bonds is 77. The summed E-state index contributed by atoms with van der Waals surface area (Å²) in [5.74, 6) is -1.40. The Morgan fingerprint density at radius 1 is 0.292 bits per heavy atom. The molecule has 0 fully saturated rings. The van der Waals surface area contributed by atoms with Crippen LogP contribution >= 0.6 is 15.6 Å². The SMILES string of the molecule is CCCCCCCCCCCCCCCCCCCCCCCC(=O)O[C@H](COC(=O)CCCCCCCCCCCCCCCCCC)COP(=O)(O)OC[C@@H](O)COP(=O)(O)OC[C@@H](COC(=O)CCCCCCCCCCC)OC(=O)CCCCCCCCC(C)CC. The van der Waals surface area contributed by atoms with Crippen molar-refractivity contribution >= 4 is 39.5 Å². The molecule has 3 unspecified atom stereocenters. The number of aliphatic hydroxyl groups is 1. The number of carbonyl (C=O) groups excluding carboxylic acids is 4. The summed E-state index contributed by atoms with van der Waals surface area (Å²) in [6.45, 7) is 7.23. The maximum absolute atomic E-state index is 13.1. The molecule has 96 heavy (non-hydrogen) atoms. The first-order valence-corrected chi connectivity index (χ1v) is 43.2. The van der Waals surface area contributed by atoms with E-state index < -0.39 is 97.5 Å². The van der Waals surface area contributed by atoms with Crippen LogP contribution in [0.4, 0.5) is 0 Å². The highest BCUT2D eigenvalue weighted by Crippen LogP contribution is 2.45. The van der Waals surface area contributed by atoms with Crippen LogP contribution in [0.5, 0.6) is 0 Å². The average molecular weight is 1410 g/mol. The molecule has 0 aliphatic carbocycles. The fourth-order valence-corrected chi connectivity index (χ4v) is 13.4. The Morgan fingerprint density at radius 3 is 0.740 bits per heavy atom. The highest BCUT2D eigenvalue weighted by molar-refractivity contribution is 7.47. The fraction of sp³-hybridized carbons (Fsp3) is 0.948. The number of phosphoric ester groups is 2. The first-order chi connectivity index (χ1) is 46.6. The van der Waals surface area contributed by atoms with Gasteiger partial charge in [-0.2, -0.15) is 0 Å². The molecule has 6 atom stereocenters. The number of hydrogen-bond donors (Lipinski definition) is 3. The Kier molecular flexibility index (Phi) is 68.7. The van der Waals surface area contributed by atoms with Gasteiger partial charge in [0.15, 0.2) is 12.2 Å². The van der Waals surface area contributed by atoms with Crippen molar-refractivity contribution in [2.24, 2.45) is 5.92 Å². The topological polar surface area (TPSA) is 237 Å². The lowest BCUT2D eigenvalue weighted by molar-refractivity contribution is -0.161. The molecule has 0 aliphatic heterocycles. The van der Waals surface area contributed by atoms with Gasteiger partial charge in [-0.3, -0.25) is 37.3 Å². The van der Waals surface area contributed by atoms with Crippen LogP contribution in [0.2, 0.25) is 0 Å². The molecule has 17 nitrogen and oxygen atoms in total. The molecule has 0 saturated carbocycles. The van der Waals surface area contributed by atoms with Crippen molar-refractivity contribution in [2.75, 3.05) is 39.6 Å². The maximum atomic E-state index is 13.1. The van der Waals surface area contributed by atoms with Gasteiger partial charge >= 0.3 is 39.5 Å². The lowest BCUT2D eigenvalue weighted by atomic mass is 10.00. The van der Waals surface area contributed by atoms with E-state index in [1.807, 2.05) is 0 Å². The zero-order valence-electron chi connectivity index (χ0n) is 62.5. The molecule has 0 rings (SSSR count). The van der Waals surface area contributed by atoms with E-state index in [2.05, 4.69) is 34.6 Å². The first kappa shape index (κ1) is 94.1. The van der Waals surface area contributed by atoms with Crippen LogP contribution < -0.4 is 0 Å². The predicted molar refractivity (Wildman–Crippen MR) is 391 cm³/mol. The van der Waals surface area contributed by atoms with Gasteiger partial charge in [-0.15, -0.1) is 0 Å². The minimum Gasteiger partial charge on any atom is -0.462 e. The van der Waals surface area contributed by atoms with Crippen LogP contribution in [-0.4, -0.2) is 96.7 Å². The van der Waals surface area contributed by atoms with Crippen molar-refractivity contribution in [3.05, 3.63) is 0 Å². The molecule has 0 aromatic heterocycles. The quantitative estimate of drug-likeness (QED) is 0.0222. The zero-order valence-corrected chi connectivity index (χ0v) is 64.3. The van der Waals surface area contributed by atoms with Crippen molar-refractivity contribution in [1.82, 2.24) is 0 Å². The van der Waals surface area contributed by atoms with Gasteiger partial charge in [0.1, 0.15) is 19.3 Å². The number of hydrogen-bond acceptors (Lipinski definition) is 15. The molecule has 570 valence electrons. The van der Waals surface area contributed by atoms with Crippen LogP contribution in [0.25, 0.3) is 0 Å². The van der Waals surface area contributed by atoms with Crippen LogP contribution in [0.15, 0.2) is 0 Å². The molecular formula is C77H150O17P2. The second kappa shape index (κ2) is 70.1. The smallest absolute Gasteiger partial charge is 0.462 e. The van der Waals surface area contributed by atoms with Gasteiger partial charge in [-0.1, -0.05) is 356 Å². The minimum absolute atomic E-state index is 0.103. The fourth-order valence-electron chi connectivity index (χ4n) is 11.8. The van der Waals surface area contributed by atoms with Gasteiger partial charge in [0.2, 0.25) is 0 Å². The van der Waals surface area contributed by atoms with E-state index in [-0.39, 0.29) is 25.7 Å². The van der Waals surface area contributed by atoms with Crippen molar-refractivity contribution in [3.63, 3.8) is 0 Å². The highest BCUT2D eigenvalue weighted by atomic mass is 31.2. The van der Waals surface area contributed by atoms with Gasteiger partial charge < -0.3 is 33.8 Å². The van der Waals surface area contributed by atoms with E-state index in [1.165, 1.54) is 231 Å². The van der Waals surface area contributed by atoms with Gasteiger partial charge in [0, 0.05) is 25.7 Å². The second-order valence-corrected chi connectivity index (χ2v) is 30.9. The molecule has 3 N–H and O–H groups in total. The summed E-state index contributed by atoms with van der Waals surface area (Å²) in [6.07, 6.45) is 59.9. The third-order valence-corrected chi connectivity index (χ3v) is 20.3. The summed E-state index contributed by atoms with van der Waals surface area (Å²) in [4.78, 5) is 72.7. The molecule has 0 amide bonds. The number of ether oxygens (including phenoxy) is 4. The van der Waals surface area contributed by atoms with E-state index >= 15 is 0 Å². The number of esters is 4. The van der Waals surface area contributed by atoms with Crippen molar-refractivity contribution in [3.8, 4) is 0 Å². The Labute approximate surface area is 588 Å². The molecule has 0 radical (unpaired) electrons. The Morgan fingerprint density at radius 2 is 0.500 bits per heavy atom. The Bertz CT molecular complexity index is 1840. The first-order valence-electron chi connectivity index (χ1n) is 40.2. The Balaban J connectivity index is 5.18. The Hall–Kier alpha value is -1.94. The van der Waals surface area contributed by atoms with Gasteiger partial charge in [-0.25, -0.2) is 9.13 Å². The zero-order chi connectivity index (χ0) is 70.5. The number of carbonyl (C=O) groups is 4. The predicted octanol–water partition coefficient (Wildman–Crippen LogP) is 22.9. The molecule has 0 saturated heterocycles. The molecule has 0 heterocycles. The lowest BCUT2D eigenvalue weighted by Gasteiger charge is -2.21. The van der Waals surface area contributed by atoms with Gasteiger partial charge in [-0.05, 0) is 31.6 Å². The van der Waals surface area contributed by atoms with E-state index in [0.29, 0.717) is 25.7 Å². The van der Waals surface area contributed by atoms with E-state index in [9.17, 15) is 43.2 Å². The molecule has 0 bridgehead atoms. The van der Waals surface area contributed by atoms with E-state index in [1.54, 1.807) is 0 Å². The number of phosphoric acid groups is 2. The van der Waals surface area contributed by atoms with Crippen molar-refractivity contribution in [1.29, 1.82) is 0 Å². The maximum Gasteiger partial charge on any atom is 0.472 e. The summed E-state index contributed by atoms with van der Waals surface area (Å²) in [6, 6.07) is 0. The van der Waals surface area contributed by atoms with E-state index in [0.717, 1.165) is 95.8 Å². The molecule has 0 aliphatic rings. The second-order valence-electron chi connectivity index (χ2n) is 28.0. The monoisotopic (exact) mass is 1410 g/mol. The van der Waals surface area contributed by atoms with Gasteiger partial charge in [0.25, 0.3) is 0 Å². The third kappa shape index (κ3) is 69.2. The average Bonchev–Trinajstić information content (AvgIpc) is 2.27. The lowest BCUT2D eigenvalue weighted by Crippen LogP contribution is -2.30. The van der Waals surface area contributed by atoms with Crippen LogP contribution in [0, 0.1) is 5.92 Å². The molecule has 19 heteroatoms. The molecule has 0 aromatic rings. The van der Waals surface area contributed by atoms with Gasteiger partial charge in [0.05, 0.1) is 26.4 Å². The standard InChI is InChI=1S/C77H150O17P2/c1-6-10-13-16-19-22-24-26-28-30-31-32-33-34-36-38-40-43-46-52-57-62-76(81)93-72(66-88-75(80)61-56-51-45-42-39-37-35-29-27-25-23-20-17-14-11-7-2)68-91-95(83,84)89-64-71(78)65-90-96(85,86)92-69-73(67-87-74(79)60-55-50-44-41-21-18-15-12-8-3)94-77(82)63-58-53-48-47-49-54-59-70(5)9-4/h70-73,78H,6-69H2,1-5H3,(H,83,84)(H,85,86)/t70?,71-,72-,73-/m1/s1. The summed E-state index contributed by atoms with van der Waals surface area (Å²) in [5.41, 5.74) is 0. The van der Waals surface area contributed by atoms with Crippen molar-refractivity contribution < 1.29 is 80.2 Å². The largest absolute Gasteiger partial charge is 0.472 e.